The van der Waals surface area contributed by atoms with E-state index in [4.69, 9.17) is 0 Å². The average Bonchev–Trinajstić information content (AvgIpc) is 2.82. The second kappa shape index (κ2) is 25.5. The van der Waals surface area contributed by atoms with Gasteiger partial charge in [0.2, 0.25) is 5.91 Å². The number of amides is 1. The van der Waals surface area contributed by atoms with Crippen LogP contribution in [0.1, 0.15) is 136 Å². The van der Waals surface area contributed by atoms with Gasteiger partial charge in [-0.1, -0.05) is 122 Å². The molecule has 0 aromatic carbocycles. The highest BCUT2D eigenvalue weighted by atomic mass is 16.3. The first-order valence-corrected chi connectivity index (χ1v) is 14.1. The van der Waals surface area contributed by atoms with E-state index in [1.165, 1.54) is 83.5 Å². The van der Waals surface area contributed by atoms with E-state index in [1.54, 1.807) is 6.08 Å². The minimum Gasteiger partial charge on any atom is -0.394 e. The number of carbonyl (C=O) groups excluding carboxylic acids is 1. The molecule has 0 saturated heterocycles. The molecule has 0 rings (SSSR count). The van der Waals surface area contributed by atoms with E-state index in [-0.39, 0.29) is 12.5 Å². The van der Waals surface area contributed by atoms with Crippen LogP contribution >= 0.6 is 0 Å². The third-order valence-electron chi connectivity index (χ3n) is 6.19. The van der Waals surface area contributed by atoms with Crippen LogP contribution in [0.2, 0.25) is 0 Å². The van der Waals surface area contributed by atoms with Crippen LogP contribution in [0.4, 0.5) is 0 Å². The quantitative estimate of drug-likeness (QED) is 0.103. The van der Waals surface area contributed by atoms with E-state index in [9.17, 15) is 15.0 Å². The number of aliphatic hydroxyl groups is 2. The summed E-state index contributed by atoms with van der Waals surface area (Å²) >= 11 is 0. The summed E-state index contributed by atoms with van der Waals surface area (Å²) in [4.78, 5) is 12.1. The Morgan fingerprint density at radius 2 is 1.18 bits per heavy atom. The van der Waals surface area contributed by atoms with Crippen molar-refractivity contribution in [2.24, 2.45) is 0 Å². The maximum Gasteiger partial charge on any atom is 0.220 e. The van der Waals surface area contributed by atoms with Gasteiger partial charge in [0, 0.05) is 6.42 Å². The van der Waals surface area contributed by atoms with Gasteiger partial charge in [0.25, 0.3) is 0 Å². The lowest BCUT2D eigenvalue weighted by atomic mass is 10.1. The van der Waals surface area contributed by atoms with Gasteiger partial charge in [-0.05, 0) is 32.1 Å². The summed E-state index contributed by atoms with van der Waals surface area (Å²) in [7, 11) is 0. The van der Waals surface area contributed by atoms with Crippen molar-refractivity contribution < 1.29 is 15.0 Å². The molecule has 0 saturated carbocycles. The molecular formula is C29H55NO3. The van der Waals surface area contributed by atoms with Crippen molar-refractivity contribution in [1.82, 2.24) is 5.32 Å². The van der Waals surface area contributed by atoms with E-state index in [0.29, 0.717) is 6.42 Å². The Bertz CT molecular complexity index is 475. The predicted octanol–water partition coefficient (Wildman–Crippen LogP) is 7.39. The first-order chi connectivity index (χ1) is 16.2. The van der Waals surface area contributed by atoms with Crippen molar-refractivity contribution in [2.45, 2.75) is 148 Å². The highest BCUT2D eigenvalue weighted by molar-refractivity contribution is 5.76. The smallest absolute Gasteiger partial charge is 0.220 e. The Morgan fingerprint density at radius 1 is 0.697 bits per heavy atom. The zero-order chi connectivity index (χ0) is 24.4. The molecule has 4 heteroatoms. The fraction of sp³-hybridized carbons (Fsp3) is 0.828. The number of nitrogens with one attached hydrogen (secondary N) is 1. The lowest BCUT2D eigenvalue weighted by Crippen LogP contribution is -2.45. The molecule has 194 valence electrons. The van der Waals surface area contributed by atoms with Gasteiger partial charge >= 0.3 is 0 Å². The molecule has 0 heterocycles. The zero-order valence-corrected chi connectivity index (χ0v) is 21.9. The van der Waals surface area contributed by atoms with Gasteiger partial charge in [0.1, 0.15) is 0 Å². The largest absolute Gasteiger partial charge is 0.394 e. The highest BCUT2D eigenvalue weighted by Crippen LogP contribution is 2.11. The summed E-state index contributed by atoms with van der Waals surface area (Å²) in [5.41, 5.74) is 0. The predicted molar refractivity (Wildman–Crippen MR) is 142 cm³/mol. The number of hydrogen-bond donors (Lipinski definition) is 3. The van der Waals surface area contributed by atoms with Gasteiger partial charge in [-0.3, -0.25) is 4.79 Å². The molecule has 0 aliphatic rings. The molecule has 0 unspecified atom stereocenters. The summed E-state index contributed by atoms with van der Waals surface area (Å²) in [6.07, 6.45) is 29.6. The van der Waals surface area contributed by atoms with Gasteiger partial charge in [-0.15, -0.1) is 0 Å². The zero-order valence-electron chi connectivity index (χ0n) is 21.9. The molecular weight excluding hydrogens is 410 g/mol. The number of carbonyl (C=O) groups is 1. The Morgan fingerprint density at radius 3 is 1.76 bits per heavy atom. The lowest BCUT2D eigenvalue weighted by Gasteiger charge is -2.19. The van der Waals surface area contributed by atoms with Crippen molar-refractivity contribution in [3.8, 4) is 0 Å². The van der Waals surface area contributed by atoms with Crippen LogP contribution in [0.25, 0.3) is 0 Å². The fourth-order valence-corrected chi connectivity index (χ4v) is 3.95. The SMILES string of the molecule is CCCCCCC/C=C/CC/C=C/[C@@H](O)[C@H](CO)NC(=O)CCCCCCCCCCCC. The number of hydrogen-bond acceptors (Lipinski definition) is 3. The molecule has 4 nitrogen and oxygen atoms in total. The third-order valence-corrected chi connectivity index (χ3v) is 6.19. The van der Waals surface area contributed by atoms with Crippen LogP contribution in [0.15, 0.2) is 24.3 Å². The van der Waals surface area contributed by atoms with Gasteiger partial charge in [0.05, 0.1) is 18.8 Å². The molecule has 0 spiro atoms. The van der Waals surface area contributed by atoms with Crippen molar-refractivity contribution in [3.63, 3.8) is 0 Å². The summed E-state index contributed by atoms with van der Waals surface area (Å²) < 4.78 is 0. The molecule has 2 atom stereocenters. The molecule has 0 radical (unpaired) electrons. The molecule has 3 N–H and O–H groups in total. The third kappa shape index (κ3) is 22.4. The van der Waals surface area contributed by atoms with Gasteiger partial charge in [-0.25, -0.2) is 0 Å². The van der Waals surface area contributed by atoms with E-state index < -0.39 is 12.1 Å². The van der Waals surface area contributed by atoms with Crippen molar-refractivity contribution >= 4 is 5.91 Å². The van der Waals surface area contributed by atoms with Gasteiger partial charge < -0.3 is 15.5 Å². The molecule has 33 heavy (non-hydrogen) atoms. The van der Waals surface area contributed by atoms with Crippen molar-refractivity contribution in [3.05, 3.63) is 24.3 Å². The number of aliphatic hydroxyl groups excluding tert-OH is 2. The molecule has 1 amide bonds. The first kappa shape index (κ1) is 31.9. The van der Waals surface area contributed by atoms with E-state index >= 15 is 0 Å². The maximum absolute atomic E-state index is 12.1. The maximum atomic E-state index is 12.1. The highest BCUT2D eigenvalue weighted by Gasteiger charge is 2.17. The van der Waals surface area contributed by atoms with Gasteiger partial charge in [0.15, 0.2) is 0 Å². The molecule has 0 aliphatic heterocycles. The summed E-state index contributed by atoms with van der Waals surface area (Å²) in [5.74, 6) is -0.0806. The monoisotopic (exact) mass is 465 g/mol. The Labute approximate surface area is 205 Å². The molecule has 0 aromatic rings. The van der Waals surface area contributed by atoms with Crippen LogP contribution < -0.4 is 5.32 Å². The van der Waals surface area contributed by atoms with Crippen LogP contribution in [0.3, 0.4) is 0 Å². The minimum atomic E-state index is -0.853. The number of rotatable bonds is 24. The first-order valence-electron chi connectivity index (χ1n) is 14.1. The van der Waals surface area contributed by atoms with E-state index in [1.807, 2.05) is 6.08 Å². The second-order valence-electron chi connectivity index (χ2n) is 9.46. The molecule has 0 bridgehead atoms. The summed E-state index contributed by atoms with van der Waals surface area (Å²) in [5, 5.41) is 22.6. The lowest BCUT2D eigenvalue weighted by molar-refractivity contribution is -0.123. The number of unbranched alkanes of at least 4 members (excludes halogenated alkanes) is 15. The van der Waals surface area contributed by atoms with Crippen LogP contribution in [-0.2, 0) is 4.79 Å². The standard InChI is InChI=1S/C29H55NO3/c1-3-5-7-9-11-13-15-16-18-20-22-24-28(32)27(26-31)30-29(33)25-23-21-19-17-14-12-10-8-6-4-2/h15-16,22,24,27-28,31-32H,3-14,17-21,23,25-26H2,1-2H3,(H,30,33)/b16-15+,24-22+/t27-,28+/m0/s1. The summed E-state index contributed by atoms with van der Waals surface area (Å²) in [6, 6.07) is -0.629. The Balaban J connectivity index is 3.78. The van der Waals surface area contributed by atoms with Crippen LogP contribution in [-0.4, -0.2) is 34.9 Å². The Hall–Kier alpha value is -1.13. The van der Waals surface area contributed by atoms with Crippen LogP contribution in [0, 0.1) is 0 Å². The average molecular weight is 466 g/mol. The second-order valence-corrected chi connectivity index (χ2v) is 9.46. The minimum absolute atomic E-state index is 0.0806. The van der Waals surface area contributed by atoms with Crippen molar-refractivity contribution in [1.29, 1.82) is 0 Å². The van der Waals surface area contributed by atoms with Gasteiger partial charge in [-0.2, -0.15) is 0 Å². The van der Waals surface area contributed by atoms with Crippen LogP contribution in [0.5, 0.6) is 0 Å². The Kier molecular flexibility index (Phi) is 24.6. The molecule has 0 aromatic heterocycles. The molecule has 0 aliphatic carbocycles. The van der Waals surface area contributed by atoms with Crippen molar-refractivity contribution in [2.75, 3.05) is 6.61 Å². The van der Waals surface area contributed by atoms with E-state index in [2.05, 4.69) is 31.3 Å². The molecule has 0 fully saturated rings. The summed E-state index contributed by atoms with van der Waals surface area (Å²) in [6.45, 7) is 4.22. The van der Waals surface area contributed by atoms with E-state index in [0.717, 1.165) is 32.1 Å². The topological polar surface area (TPSA) is 69.6 Å². The normalized spacial score (nSPS) is 13.7. The number of allylic oxidation sites excluding steroid dienone is 3. The fourth-order valence-electron chi connectivity index (χ4n) is 3.95.